The smallest absolute Gasteiger partial charge is 0.0600 e. The third-order valence-electron chi connectivity index (χ3n) is 4.68. The Morgan fingerprint density at radius 3 is 2.35 bits per heavy atom. The second-order valence-corrected chi connectivity index (χ2v) is 7.20. The first-order valence-corrected chi connectivity index (χ1v) is 8.49. The Labute approximate surface area is 126 Å². The van der Waals surface area contributed by atoms with E-state index < -0.39 is 0 Å². The molecule has 1 fully saturated rings. The Bertz CT molecular complexity index is 269. The average Bonchev–Trinajstić information content (AvgIpc) is 2.39. The van der Waals surface area contributed by atoms with Gasteiger partial charge in [-0.25, -0.2) is 0 Å². The minimum absolute atomic E-state index is 0.0298. The molecule has 1 atom stereocenters. The van der Waals surface area contributed by atoms with E-state index in [1.807, 2.05) is 0 Å². The van der Waals surface area contributed by atoms with Crippen LogP contribution in [0.3, 0.4) is 0 Å². The molecule has 0 aromatic rings. The van der Waals surface area contributed by atoms with E-state index >= 15 is 0 Å². The van der Waals surface area contributed by atoms with Gasteiger partial charge in [-0.2, -0.15) is 0 Å². The zero-order valence-electron chi connectivity index (χ0n) is 14.6. The molecule has 1 aliphatic rings. The maximum atomic E-state index is 5.95. The van der Waals surface area contributed by atoms with Crippen LogP contribution in [-0.2, 0) is 4.74 Å². The van der Waals surface area contributed by atoms with Crippen LogP contribution in [-0.4, -0.2) is 48.3 Å². The van der Waals surface area contributed by atoms with Crippen LogP contribution in [0.4, 0.5) is 0 Å². The number of piperazine rings is 1. The van der Waals surface area contributed by atoms with Gasteiger partial charge in [0, 0.05) is 31.2 Å². The fourth-order valence-electron chi connectivity index (χ4n) is 3.25. The predicted octanol–water partition coefficient (Wildman–Crippen LogP) is 3.43. The van der Waals surface area contributed by atoms with Crippen LogP contribution < -0.4 is 5.32 Å². The number of ether oxygens (including phenoxy) is 1. The standard InChI is InChI=1S/C17H36N2O/c1-7-10-15-13-19(11-12-20-16(4,5)6)17(8-2,9-3)14-18-15/h15,18H,7-14H2,1-6H3. The first-order valence-electron chi connectivity index (χ1n) is 8.49. The summed E-state index contributed by atoms with van der Waals surface area (Å²) in [6.07, 6.45) is 4.96. The van der Waals surface area contributed by atoms with Gasteiger partial charge in [0.15, 0.2) is 0 Å². The minimum atomic E-state index is -0.0298. The van der Waals surface area contributed by atoms with Gasteiger partial charge in [-0.15, -0.1) is 0 Å². The summed E-state index contributed by atoms with van der Waals surface area (Å²) < 4.78 is 5.95. The average molecular weight is 284 g/mol. The Kier molecular flexibility index (Phi) is 6.96. The largest absolute Gasteiger partial charge is 0.375 e. The highest BCUT2D eigenvalue weighted by Crippen LogP contribution is 2.27. The van der Waals surface area contributed by atoms with E-state index in [9.17, 15) is 0 Å². The van der Waals surface area contributed by atoms with Gasteiger partial charge < -0.3 is 10.1 Å². The number of rotatable bonds is 7. The third-order valence-corrected chi connectivity index (χ3v) is 4.68. The van der Waals surface area contributed by atoms with E-state index in [4.69, 9.17) is 4.74 Å². The lowest BCUT2D eigenvalue weighted by molar-refractivity contribution is -0.0423. The van der Waals surface area contributed by atoms with Crippen LogP contribution in [0.2, 0.25) is 0 Å². The van der Waals surface area contributed by atoms with Crippen molar-refractivity contribution < 1.29 is 4.74 Å². The molecule has 1 saturated heterocycles. The van der Waals surface area contributed by atoms with Crippen molar-refractivity contribution in [2.24, 2.45) is 0 Å². The van der Waals surface area contributed by atoms with Gasteiger partial charge in [-0.3, -0.25) is 4.90 Å². The fourth-order valence-corrected chi connectivity index (χ4v) is 3.25. The zero-order chi connectivity index (χ0) is 15.2. The van der Waals surface area contributed by atoms with Gasteiger partial charge in [-0.05, 0) is 40.0 Å². The van der Waals surface area contributed by atoms with E-state index in [1.54, 1.807) is 0 Å². The zero-order valence-corrected chi connectivity index (χ0v) is 14.6. The Morgan fingerprint density at radius 2 is 1.85 bits per heavy atom. The minimum Gasteiger partial charge on any atom is -0.375 e. The van der Waals surface area contributed by atoms with Crippen molar-refractivity contribution in [3.8, 4) is 0 Å². The number of hydrogen-bond acceptors (Lipinski definition) is 3. The molecule has 3 nitrogen and oxygen atoms in total. The summed E-state index contributed by atoms with van der Waals surface area (Å²) in [7, 11) is 0. The summed E-state index contributed by atoms with van der Waals surface area (Å²) >= 11 is 0. The van der Waals surface area contributed by atoms with Crippen molar-refractivity contribution in [1.82, 2.24) is 10.2 Å². The van der Waals surface area contributed by atoms with Crippen LogP contribution in [0.1, 0.15) is 67.2 Å². The van der Waals surface area contributed by atoms with Crippen molar-refractivity contribution in [3.05, 3.63) is 0 Å². The first kappa shape index (κ1) is 17.9. The molecule has 0 aromatic carbocycles. The Hall–Kier alpha value is -0.120. The van der Waals surface area contributed by atoms with E-state index in [0.717, 1.165) is 19.7 Å². The summed E-state index contributed by atoms with van der Waals surface area (Å²) in [6, 6.07) is 0.654. The second-order valence-electron chi connectivity index (χ2n) is 7.20. The summed E-state index contributed by atoms with van der Waals surface area (Å²) in [5, 5.41) is 3.77. The normalized spacial score (nSPS) is 24.0. The number of nitrogens with zero attached hydrogens (tertiary/aromatic N) is 1. The topological polar surface area (TPSA) is 24.5 Å². The maximum absolute atomic E-state index is 5.95. The molecule has 0 spiro atoms. The summed E-state index contributed by atoms with van der Waals surface area (Å²) in [5.74, 6) is 0. The molecule has 0 amide bonds. The van der Waals surface area contributed by atoms with Gasteiger partial charge in [0.2, 0.25) is 0 Å². The molecule has 0 aromatic heterocycles. The fraction of sp³-hybridized carbons (Fsp3) is 1.00. The van der Waals surface area contributed by atoms with Crippen molar-refractivity contribution in [2.75, 3.05) is 26.2 Å². The van der Waals surface area contributed by atoms with E-state index in [-0.39, 0.29) is 5.60 Å². The second kappa shape index (κ2) is 7.77. The lowest BCUT2D eigenvalue weighted by Gasteiger charge is -2.50. The Morgan fingerprint density at radius 1 is 1.20 bits per heavy atom. The molecule has 0 radical (unpaired) electrons. The lowest BCUT2D eigenvalue weighted by atomic mass is 9.86. The van der Waals surface area contributed by atoms with Crippen LogP contribution >= 0.6 is 0 Å². The Balaban J connectivity index is 2.62. The molecule has 0 aliphatic carbocycles. The highest BCUT2D eigenvalue weighted by Gasteiger charge is 2.38. The lowest BCUT2D eigenvalue weighted by Crippen LogP contribution is -2.64. The molecule has 1 heterocycles. The maximum Gasteiger partial charge on any atom is 0.0600 e. The summed E-state index contributed by atoms with van der Waals surface area (Å²) in [5.41, 5.74) is 0.295. The monoisotopic (exact) mass is 284 g/mol. The molecule has 1 aliphatic heterocycles. The van der Waals surface area contributed by atoms with Crippen molar-refractivity contribution in [2.45, 2.75) is 84.4 Å². The van der Waals surface area contributed by atoms with Gasteiger partial charge in [0.05, 0.1) is 12.2 Å². The quantitative estimate of drug-likeness (QED) is 0.775. The van der Waals surface area contributed by atoms with Crippen molar-refractivity contribution >= 4 is 0 Å². The third kappa shape index (κ3) is 5.01. The highest BCUT2D eigenvalue weighted by atomic mass is 16.5. The van der Waals surface area contributed by atoms with Gasteiger partial charge >= 0.3 is 0 Å². The SMILES string of the molecule is CCCC1CN(CCOC(C)(C)C)C(CC)(CC)CN1. The highest BCUT2D eigenvalue weighted by molar-refractivity contribution is 4.97. The molecule has 0 saturated carbocycles. The van der Waals surface area contributed by atoms with Gasteiger partial charge in [0.1, 0.15) is 0 Å². The van der Waals surface area contributed by atoms with E-state index in [2.05, 4.69) is 51.8 Å². The summed E-state index contributed by atoms with van der Waals surface area (Å²) in [6.45, 7) is 17.5. The molecular weight excluding hydrogens is 248 g/mol. The van der Waals surface area contributed by atoms with Crippen LogP contribution in [0, 0.1) is 0 Å². The first-order chi connectivity index (χ1) is 9.37. The molecule has 1 N–H and O–H groups in total. The van der Waals surface area contributed by atoms with Crippen LogP contribution in [0.5, 0.6) is 0 Å². The molecule has 20 heavy (non-hydrogen) atoms. The van der Waals surface area contributed by atoms with Crippen molar-refractivity contribution in [1.29, 1.82) is 0 Å². The molecule has 1 rings (SSSR count). The molecule has 3 heteroatoms. The van der Waals surface area contributed by atoms with Crippen LogP contribution in [0.25, 0.3) is 0 Å². The summed E-state index contributed by atoms with van der Waals surface area (Å²) in [4.78, 5) is 2.69. The van der Waals surface area contributed by atoms with Crippen molar-refractivity contribution in [3.63, 3.8) is 0 Å². The molecular formula is C17H36N2O. The molecule has 0 bridgehead atoms. The number of nitrogens with one attached hydrogen (secondary N) is 1. The van der Waals surface area contributed by atoms with Gasteiger partial charge in [0.25, 0.3) is 0 Å². The predicted molar refractivity (Wildman–Crippen MR) is 87.3 cm³/mol. The number of hydrogen-bond donors (Lipinski definition) is 1. The van der Waals surface area contributed by atoms with E-state index in [0.29, 0.717) is 11.6 Å². The molecule has 120 valence electrons. The molecule has 1 unspecified atom stereocenters. The van der Waals surface area contributed by atoms with Crippen LogP contribution in [0.15, 0.2) is 0 Å². The van der Waals surface area contributed by atoms with E-state index in [1.165, 1.54) is 32.2 Å². The van der Waals surface area contributed by atoms with Gasteiger partial charge in [-0.1, -0.05) is 27.2 Å².